The SMILES string of the molecule is N[C@H](C(=O)NCC1CN(c2ccccc2)CCO1)c1ccccc1. The molecule has 0 radical (unpaired) electrons. The molecule has 2 aromatic rings. The number of nitrogens with two attached hydrogens (primary N) is 1. The lowest BCUT2D eigenvalue weighted by molar-refractivity contribution is -0.123. The second kappa shape index (κ2) is 7.95. The molecule has 3 rings (SSSR count). The number of rotatable bonds is 5. The normalized spacial score (nSPS) is 18.9. The minimum atomic E-state index is -0.653. The Morgan fingerprint density at radius 3 is 2.54 bits per heavy atom. The Morgan fingerprint density at radius 2 is 1.83 bits per heavy atom. The van der Waals surface area contributed by atoms with Gasteiger partial charge in [0, 0.05) is 25.3 Å². The quantitative estimate of drug-likeness (QED) is 0.878. The third-order valence-electron chi connectivity index (χ3n) is 4.21. The van der Waals surface area contributed by atoms with E-state index in [0.29, 0.717) is 13.2 Å². The van der Waals surface area contributed by atoms with Gasteiger partial charge in [0.1, 0.15) is 6.04 Å². The van der Waals surface area contributed by atoms with Gasteiger partial charge in [0.05, 0.1) is 12.7 Å². The molecule has 0 aromatic heterocycles. The first kappa shape index (κ1) is 16.5. The molecule has 1 aliphatic rings. The molecule has 5 nitrogen and oxygen atoms in total. The summed E-state index contributed by atoms with van der Waals surface area (Å²) in [5, 5.41) is 2.91. The summed E-state index contributed by atoms with van der Waals surface area (Å²) in [6.07, 6.45) is -0.0362. The average molecular weight is 325 g/mol. The summed E-state index contributed by atoms with van der Waals surface area (Å²) in [7, 11) is 0. The number of carbonyl (C=O) groups excluding carboxylic acids is 1. The summed E-state index contributed by atoms with van der Waals surface area (Å²) >= 11 is 0. The van der Waals surface area contributed by atoms with E-state index in [-0.39, 0.29) is 12.0 Å². The van der Waals surface area contributed by atoms with Crippen molar-refractivity contribution in [2.45, 2.75) is 12.1 Å². The van der Waals surface area contributed by atoms with E-state index in [1.807, 2.05) is 48.5 Å². The molecule has 0 bridgehead atoms. The Labute approximate surface area is 142 Å². The van der Waals surface area contributed by atoms with Crippen LogP contribution in [-0.4, -0.2) is 38.3 Å². The first-order valence-electron chi connectivity index (χ1n) is 8.24. The number of morpholine rings is 1. The second-order valence-corrected chi connectivity index (χ2v) is 5.91. The maximum absolute atomic E-state index is 12.2. The molecule has 126 valence electrons. The van der Waals surface area contributed by atoms with Crippen LogP contribution in [0, 0.1) is 0 Å². The van der Waals surface area contributed by atoms with Crippen LogP contribution < -0.4 is 16.0 Å². The van der Waals surface area contributed by atoms with Crippen LogP contribution >= 0.6 is 0 Å². The molecule has 2 atom stereocenters. The monoisotopic (exact) mass is 325 g/mol. The summed E-state index contributed by atoms with van der Waals surface area (Å²) in [4.78, 5) is 14.5. The minimum absolute atomic E-state index is 0.0362. The number of para-hydroxylation sites is 1. The number of carbonyl (C=O) groups is 1. The van der Waals surface area contributed by atoms with E-state index >= 15 is 0 Å². The minimum Gasteiger partial charge on any atom is -0.373 e. The Kier molecular flexibility index (Phi) is 5.46. The van der Waals surface area contributed by atoms with E-state index in [9.17, 15) is 4.79 Å². The lowest BCUT2D eigenvalue weighted by Crippen LogP contribution is -2.48. The zero-order chi connectivity index (χ0) is 16.8. The van der Waals surface area contributed by atoms with Crippen molar-refractivity contribution in [1.29, 1.82) is 0 Å². The van der Waals surface area contributed by atoms with Gasteiger partial charge < -0.3 is 20.7 Å². The standard InChI is InChI=1S/C19H23N3O2/c20-18(15-7-3-1-4-8-15)19(23)21-13-17-14-22(11-12-24-17)16-9-5-2-6-10-16/h1-10,17-18H,11-14,20H2,(H,21,23)/t17?,18-/m0/s1. The molecule has 0 saturated carbocycles. The van der Waals surface area contributed by atoms with Crippen molar-refractivity contribution in [3.05, 3.63) is 66.2 Å². The van der Waals surface area contributed by atoms with Crippen molar-refractivity contribution < 1.29 is 9.53 Å². The van der Waals surface area contributed by atoms with Crippen molar-refractivity contribution in [2.75, 3.05) is 31.1 Å². The van der Waals surface area contributed by atoms with E-state index in [4.69, 9.17) is 10.5 Å². The molecule has 3 N–H and O–H groups in total. The van der Waals surface area contributed by atoms with Gasteiger partial charge in [0.2, 0.25) is 5.91 Å². The zero-order valence-electron chi connectivity index (χ0n) is 13.6. The maximum atomic E-state index is 12.2. The summed E-state index contributed by atoms with van der Waals surface area (Å²) in [5.74, 6) is -0.179. The Balaban J connectivity index is 1.52. The van der Waals surface area contributed by atoms with E-state index in [1.54, 1.807) is 0 Å². The molecule has 1 aliphatic heterocycles. The zero-order valence-corrected chi connectivity index (χ0v) is 13.6. The summed E-state index contributed by atoms with van der Waals surface area (Å²) in [5.41, 5.74) is 8.00. The molecule has 1 saturated heterocycles. The van der Waals surface area contributed by atoms with Crippen LogP contribution in [0.25, 0.3) is 0 Å². The van der Waals surface area contributed by atoms with Crippen LogP contribution in [0.3, 0.4) is 0 Å². The van der Waals surface area contributed by atoms with Crippen LogP contribution in [0.5, 0.6) is 0 Å². The van der Waals surface area contributed by atoms with Gasteiger partial charge in [-0.1, -0.05) is 48.5 Å². The third kappa shape index (κ3) is 4.13. The van der Waals surface area contributed by atoms with Gasteiger partial charge in [-0.05, 0) is 17.7 Å². The molecular weight excluding hydrogens is 302 g/mol. The number of nitrogens with zero attached hydrogens (tertiary/aromatic N) is 1. The lowest BCUT2D eigenvalue weighted by atomic mass is 10.1. The van der Waals surface area contributed by atoms with Gasteiger partial charge in [-0.2, -0.15) is 0 Å². The van der Waals surface area contributed by atoms with E-state index in [1.165, 1.54) is 5.69 Å². The van der Waals surface area contributed by atoms with Gasteiger partial charge >= 0.3 is 0 Å². The Hall–Kier alpha value is -2.37. The number of anilines is 1. The van der Waals surface area contributed by atoms with Gasteiger partial charge in [-0.25, -0.2) is 0 Å². The number of ether oxygens (including phenoxy) is 1. The van der Waals surface area contributed by atoms with Crippen molar-refractivity contribution in [1.82, 2.24) is 5.32 Å². The number of amides is 1. The molecule has 2 aromatic carbocycles. The predicted octanol–water partition coefficient (Wildman–Crippen LogP) is 1.71. The predicted molar refractivity (Wildman–Crippen MR) is 94.8 cm³/mol. The topological polar surface area (TPSA) is 67.6 Å². The number of nitrogens with one attached hydrogen (secondary N) is 1. The fraction of sp³-hybridized carbons (Fsp3) is 0.316. The van der Waals surface area contributed by atoms with E-state index < -0.39 is 6.04 Å². The molecule has 5 heteroatoms. The van der Waals surface area contributed by atoms with E-state index in [2.05, 4.69) is 22.3 Å². The molecule has 1 unspecified atom stereocenters. The molecular formula is C19H23N3O2. The summed E-state index contributed by atoms with van der Waals surface area (Å²) in [6, 6.07) is 19.0. The molecule has 1 heterocycles. The number of hydrogen-bond donors (Lipinski definition) is 2. The second-order valence-electron chi connectivity index (χ2n) is 5.91. The van der Waals surface area contributed by atoms with Crippen molar-refractivity contribution >= 4 is 11.6 Å². The van der Waals surface area contributed by atoms with Gasteiger partial charge in [-0.15, -0.1) is 0 Å². The first-order chi connectivity index (χ1) is 11.7. The Morgan fingerprint density at radius 1 is 1.17 bits per heavy atom. The largest absolute Gasteiger partial charge is 0.373 e. The highest BCUT2D eigenvalue weighted by Crippen LogP contribution is 2.17. The lowest BCUT2D eigenvalue weighted by Gasteiger charge is -2.34. The van der Waals surface area contributed by atoms with Crippen LogP contribution in [0.15, 0.2) is 60.7 Å². The van der Waals surface area contributed by atoms with E-state index in [0.717, 1.165) is 18.7 Å². The highest BCUT2D eigenvalue weighted by Gasteiger charge is 2.22. The molecule has 1 fully saturated rings. The number of benzene rings is 2. The van der Waals surface area contributed by atoms with Crippen LogP contribution in [-0.2, 0) is 9.53 Å². The van der Waals surface area contributed by atoms with Crippen LogP contribution in [0.2, 0.25) is 0 Å². The first-order valence-corrected chi connectivity index (χ1v) is 8.24. The maximum Gasteiger partial charge on any atom is 0.241 e. The summed E-state index contributed by atoms with van der Waals surface area (Å²) in [6.45, 7) is 2.73. The average Bonchev–Trinajstić information content (AvgIpc) is 2.67. The molecule has 1 amide bonds. The van der Waals surface area contributed by atoms with Gasteiger partial charge in [0.25, 0.3) is 0 Å². The van der Waals surface area contributed by atoms with Crippen molar-refractivity contribution in [3.63, 3.8) is 0 Å². The molecule has 24 heavy (non-hydrogen) atoms. The fourth-order valence-electron chi connectivity index (χ4n) is 2.85. The Bertz CT molecular complexity index is 648. The highest BCUT2D eigenvalue weighted by atomic mass is 16.5. The molecule has 0 spiro atoms. The van der Waals surface area contributed by atoms with Crippen molar-refractivity contribution in [2.24, 2.45) is 5.73 Å². The van der Waals surface area contributed by atoms with Gasteiger partial charge in [-0.3, -0.25) is 4.79 Å². The van der Waals surface area contributed by atoms with Crippen molar-refractivity contribution in [3.8, 4) is 0 Å². The molecule has 0 aliphatic carbocycles. The van der Waals surface area contributed by atoms with Crippen LogP contribution in [0.1, 0.15) is 11.6 Å². The van der Waals surface area contributed by atoms with Crippen LogP contribution in [0.4, 0.5) is 5.69 Å². The highest BCUT2D eigenvalue weighted by molar-refractivity contribution is 5.82. The third-order valence-corrected chi connectivity index (χ3v) is 4.21. The number of hydrogen-bond acceptors (Lipinski definition) is 4. The smallest absolute Gasteiger partial charge is 0.241 e. The fourth-order valence-corrected chi connectivity index (χ4v) is 2.85. The summed E-state index contributed by atoms with van der Waals surface area (Å²) < 4.78 is 5.77. The van der Waals surface area contributed by atoms with Gasteiger partial charge in [0.15, 0.2) is 0 Å².